The Labute approximate surface area is 106 Å². The molecule has 16 heavy (non-hydrogen) atoms. The fraction of sp³-hybridized carbons (Fsp3) is 1.00. The molecular formula is C13H28N2S. The SMILES string of the molecule is CSC(C)CCN1CCCC(NC(C)C)C1. The van der Waals surface area contributed by atoms with Gasteiger partial charge in [-0.25, -0.2) is 0 Å². The molecule has 1 aliphatic heterocycles. The topological polar surface area (TPSA) is 15.3 Å². The smallest absolute Gasteiger partial charge is 0.0197 e. The van der Waals surface area contributed by atoms with Crippen molar-refractivity contribution < 1.29 is 0 Å². The Morgan fingerprint density at radius 1 is 1.38 bits per heavy atom. The number of nitrogens with zero attached hydrogens (tertiary/aromatic N) is 1. The van der Waals surface area contributed by atoms with Crippen molar-refractivity contribution in [1.29, 1.82) is 0 Å². The normalized spacial score (nSPS) is 24.9. The molecule has 0 aromatic carbocycles. The van der Waals surface area contributed by atoms with E-state index in [0.29, 0.717) is 6.04 Å². The zero-order valence-corrected chi connectivity index (χ0v) is 12.1. The Morgan fingerprint density at radius 3 is 2.75 bits per heavy atom. The lowest BCUT2D eigenvalue weighted by Gasteiger charge is -2.34. The predicted octanol–water partition coefficient (Wildman–Crippen LogP) is 2.59. The molecule has 0 spiro atoms. The van der Waals surface area contributed by atoms with Crippen LogP contribution in [0.1, 0.15) is 40.0 Å². The van der Waals surface area contributed by atoms with Gasteiger partial charge < -0.3 is 10.2 Å². The molecule has 0 aliphatic carbocycles. The average Bonchev–Trinajstić information content (AvgIpc) is 2.25. The molecule has 0 radical (unpaired) electrons. The number of hydrogen-bond donors (Lipinski definition) is 1. The van der Waals surface area contributed by atoms with Crippen LogP contribution >= 0.6 is 11.8 Å². The fourth-order valence-electron chi connectivity index (χ4n) is 2.35. The van der Waals surface area contributed by atoms with Gasteiger partial charge in [0.25, 0.3) is 0 Å². The van der Waals surface area contributed by atoms with E-state index in [1.807, 2.05) is 11.8 Å². The lowest BCUT2D eigenvalue weighted by atomic mass is 10.0. The van der Waals surface area contributed by atoms with Gasteiger partial charge in [-0.2, -0.15) is 11.8 Å². The molecule has 0 amide bonds. The third-order valence-corrected chi connectivity index (χ3v) is 4.37. The Hall–Kier alpha value is 0.270. The number of hydrogen-bond acceptors (Lipinski definition) is 3. The molecule has 1 rings (SSSR count). The molecule has 0 aromatic heterocycles. The molecule has 0 saturated carbocycles. The van der Waals surface area contributed by atoms with Gasteiger partial charge in [-0.3, -0.25) is 0 Å². The maximum atomic E-state index is 3.67. The first-order valence-electron chi connectivity index (χ1n) is 6.63. The first-order chi connectivity index (χ1) is 7.61. The lowest BCUT2D eigenvalue weighted by molar-refractivity contribution is 0.184. The Bertz CT molecular complexity index is 185. The molecule has 2 nitrogen and oxygen atoms in total. The summed E-state index contributed by atoms with van der Waals surface area (Å²) in [5, 5.41) is 4.47. The largest absolute Gasteiger partial charge is 0.311 e. The van der Waals surface area contributed by atoms with Crippen LogP contribution in [0, 0.1) is 0 Å². The van der Waals surface area contributed by atoms with E-state index in [4.69, 9.17) is 0 Å². The number of piperidine rings is 1. The summed E-state index contributed by atoms with van der Waals surface area (Å²) in [6.45, 7) is 10.6. The van der Waals surface area contributed by atoms with Gasteiger partial charge in [0.15, 0.2) is 0 Å². The minimum Gasteiger partial charge on any atom is -0.311 e. The maximum absolute atomic E-state index is 3.67. The van der Waals surface area contributed by atoms with E-state index in [2.05, 4.69) is 37.2 Å². The van der Waals surface area contributed by atoms with Gasteiger partial charge in [0, 0.05) is 23.9 Å². The first kappa shape index (κ1) is 14.3. The zero-order chi connectivity index (χ0) is 12.0. The highest BCUT2D eigenvalue weighted by atomic mass is 32.2. The van der Waals surface area contributed by atoms with Crippen LogP contribution in [0.4, 0.5) is 0 Å². The van der Waals surface area contributed by atoms with Gasteiger partial charge in [0.05, 0.1) is 0 Å². The molecule has 1 N–H and O–H groups in total. The molecule has 1 heterocycles. The van der Waals surface area contributed by atoms with Crippen molar-refractivity contribution in [2.45, 2.75) is 57.4 Å². The molecule has 2 unspecified atom stereocenters. The van der Waals surface area contributed by atoms with E-state index in [-0.39, 0.29) is 0 Å². The second kappa shape index (κ2) is 7.57. The predicted molar refractivity (Wildman–Crippen MR) is 75.3 cm³/mol. The molecule has 0 aromatic rings. The molecule has 96 valence electrons. The van der Waals surface area contributed by atoms with Crippen molar-refractivity contribution in [3.05, 3.63) is 0 Å². The van der Waals surface area contributed by atoms with E-state index in [1.54, 1.807) is 0 Å². The molecule has 1 saturated heterocycles. The maximum Gasteiger partial charge on any atom is 0.0197 e. The van der Waals surface area contributed by atoms with Gasteiger partial charge >= 0.3 is 0 Å². The summed E-state index contributed by atoms with van der Waals surface area (Å²) < 4.78 is 0. The van der Waals surface area contributed by atoms with Gasteiger partial charge in [0.2, 0.25) is 0 Å². The standard InChI is InChI=1S/C13H28N2S/c1-11(2)14-13-6-5-8-15(10-13)9-7-12(3)16-4/h11-14H,5-10H2,1-4H3. The van der Waals surface area contributed by atoms with Crippen LogP contribution in [0.3, 0.4) is 0 Å². The molecule has 2 atom stereocenters. The number of nitrogens with one attached hydrogen (secondary N) is 1. The fourth-order valence-corrected chi connectivity index (χ4v) is 2.69. The number of likely N-dealkylation sites (tertiary alicyclic amines) is 1. The Morgan fingerprint density at radius 2 is 2.12 bits per heavy atom. The van der Waals surface area contributed by atoms with Gasteiger partial charge in [-0.15, -0.1) is 0 Å². The van der Waals surface area contributed by atoms with Crippen LogP contribution in [0.15, 0.2) is 0 Å². The van der Waals surface area contributed by atoms with Crippen LogP contribution in [-0.4, -0.2) is 48.1 Å². The zero-order valence-electron chi connectivity index (χ0n) is 11.3. The van der Waals surface area contributed by atoms with Crippen molar-refractivity contribution in [3.8, 4) is 0 Å². The highest BCUT2D eigenvalue weighted by molar-refractivity contribution is 7.99. The molecule has 1 fully saturated rings. The quantitative estimate of drug-likeness (QED) is 0.773. The third-order valence-electron chi connectivity index (χ3n) is 3.33. The highest BCUT2D eigenvalue weighted by Crippen LogP contribution is 2.14. The summed E-state index contributed by atoms with van der Waals surface area (Å²) in [7, 11) is 0. The highest BCUT2D eigenvalue weighted by Gasteiger charge is 2.20. The first-order valence-corrected chi connectivity index (χ1v) is 7.91. The minimum atomic E-state index is 0.620. The summed E-state index contributed by atoms with van der Waals surface area (Å²) in [6, 6.07) is 1.34. The van der Waals surface area contributed by atoms with E-state index in [0.717, 1.165) is 11.3 Å². The van der Waals surface area contributed by atoms with Crippen molar-refractivity contribution in [1.82, 2.24) is 10.2 Å². The van der Waals surface area contributed by atoms with Crippen molar-refractivity contribution >= 4 is 11.8 Å². The van der Waals surface area contributed by atoms with Crippen LogP contribution in [-0.2, 0) is 0 Å². The Balaban J connectivity index is 2.22. The summed E-state index contributed by atoms with van der Waals surface area (Å²) in [4.78, 5) is 2.64. The minimum absolute atomic E-state index is 0.620. The van der Waals surface area contributed by atoms with Crippen LogP contribution in [0.25, 0.3) is 0 Å². The van der Waals surface area contributed by atoms with Crippen LogP contribution < -0.4 is 5.32 Å². The van der Waals surface area contributed by atoms with Crippen molar-refractivity contribution in [3.63, 3.8) is 0 Å². The molecule has 3 heteroatoms. The number of thioether (sulfide) groups is 1. The van der Waals surface area contributed by atoms with Gasteiger partial charge in [-0.1, -0.05) is 20.8 Å². The van der Waals surface area contributed by atoms with Crippen molar-refractivity contribution in [2.24, 2.45) is 0 Å². The average molecular weight is 244 g/mol. The molecular weight excluding hydrogens is 216 g/mol. The summed E-state index contributed by atoms with van der Waals surface area (Å²) in [5.41, 5.74) is 0. The van der Waals surface area contributed by atoms with E-state index in [9.17, 15) is 0 Å². The van der Waals surface area contributed by atoms with E-state index < -0.39 is 0 Å². The van der Waals surface area contributed by atoms with Gasteiger partial charge in [0.1, 0.15) is 0 Å². The molecule has 1 aliphatic rings. The second-order valence-electron chi connectivity index (χ2n) is 5.30. The van der Waals surface area contributed by atoms with E-state index >= 15 is 0 Å². The monoisotopic (exact) mass is 244 g/mol. The summed E-state index contributed by atoms with van der Waals surface area (Å²) in [6.07, 6.45) is 6.25. The van der Waals surface area contributed by atoms with Crippen molar-refractivity contribution in [2.75, 3.05) is 25.9 Å². The third kappa shape index (κ3) is 5.55. The summed E-state index contributed by atoms with van der Waals surface area (Å²) in [5.74, 6) is 0. The van der Waals surface area contributed by atoms with Gasteiger partial charge in [-0.05, 0) is 38.6 Å². The lowest BCUT2D eigenvalue weighted by Crippen LogP contribution is -2.48. The molecule has 0 bridgehead atoms. The second-order valence-corrected chi connectivity index (χ2v) is 6.57. The van der Waals surface area contributed by atoms with Crippen LogP contribution in [0.5, 0.6) is 0 Å². The summed E-state index contributed by atoms with van der Waals surface area (Å²) >= 11 is 1.98. The van der Waals surface area contributed by atoms with Crippen LogP contribution in [0.2, 0.25) is 0 Å². The number of rotatable bonds is 6. The van der Waals surface area contributed by atoms with E-state index in [1.165, 1.54) is 38.9 Å². The Kier molecular flexibility index (Phi) is 6.78.